The van der Waals surface area contributed by atoms with Gasteiger partial charge in [-0.25, -0.2) is 0 Å². The van der Waals surface area contributed by atoms with E-state index in [2.05, 4.69) is 45.8 Å². The van der Waals surface area contributed by atoms with Gasteiger partial charge >= 0.3 is 0 Å². The molecule has 24 heavy (non-hydrogen) atoms. The summed E-state index contributed by atoms with van der Waals surface area (Å²) < 4.78 is 11.3. The summed E-state index contributed by atoms with van der Waals surface area (Å²) in [4.78, 5) is 5.03. The summed E-state index contributed by atoms with van der Waals surface area (Å²) in [7, 11) is 0. The van der Waals surface area contributed by atoms with Crippen molar-refractivity contribution in [1.82, 2.24) is 9.80 Å². The van der Waals surface area contributed by atoms with Crippen molar-refractivity contribution in [3.05, 3.63) is 29.8 Å². The van der Waals surface area contributed by atoms with Crippen LogP contribution in [-0.2, 0) is 11.3 Å². The molecule has 5 heteroatoms. The summed E-state index contributed by atoms with van der Waals surface area (Å²) in [6.45, 7) is 9.38. The third-order valence-corrected chi connectivity index (χ3v) is 5.59. The first-order valence-corrected chi connectivity index (χ1v) is 10.4. The van der Waals surface area contributed by atoms with Gasteiger partial charge in [-0.1, -0.05) is 12.1 Å². The predicted octanol–water partition coefficient (Wildman–Crippen LogP) is 2.73. The van der Waals surface area contributed by atoms with Crippen molar-refractivity contribution in [3.8, 4) is 5.75 Å². The van der Waals surface area contributed by atoms with Gasteiger partial charge in [0, 0.05) is 44.2 Å². The number of hydrogen-bond acceptors (Lipinski definition) is 5. The second-order valence-corrected chi connectivity index (χ2v) is 7.77. The van der Waals surface area contributed by atoms with Gasteiger partial charge in [0.05, 0.1) is 19.8 Å². The van der Waals surface area contributed by atoms with E-state index in [1.165, 1.54) is 43.1 Å². The van der Waals surface area contributed by atoms with Gasteiger partial charge in [0.15, 0.2) is 0 Å². The zero-order valence-corrected chi connectivity index (χ0v) is 15.4. The Kier molecular flexibility index (Phi) is 7.74. The summed E-state index contributed by atoms with van der Waals surface area (Å²) in [6, 6.07) is 8.63. The molecule has 3 rings (SSSR count). The fraction of sp³-hybridized carbons (Fsp3) is 0.684. The van der Waals surface area contributed by atoms with Crippen LogP contribution in [0.5, 0.6) is 5.75 Å². The molecule has 0 amide bonds. The molecule has 1 aromatic carbocycles. The highest BCUT2D eigenvalue weighted by molar-refractivity contribution is 7.99. The van der Waals surface area contributed by atoms with Gasteiger partial charge in [0.2, 0.25) is 0 Å². The van der Waals surface area contributed by atoms with E-state index in [9.17, 15) is 0 Å². The molecule has 0 unspecified atom stereocenters. The van der Waals surface area contributed by atoms with Gasteiger partial charge in [-0.15, -0.1) is 0 Å². The number of rotatable bonds is 8. The van der Waals surface area contributed by atoms with Gasteiger partial charge in [-0.3, -0.25) is 9.80 Å². The van der Waals surface area contributed by atoms with Gasteiger partial charge in [-0.05, 0) is 37.1 Å². The average molecular weight is 351 g/mol. The first kappa shape index (κ1) is 18.1. The smallest absolute Gasteiger partial charge is 0.119 e. The fourth-order valence-corrected chi connectivity index (χ4v) is 4.18. The molecule has 0 radical (unpaired) electrons. The number of morpholine rings is 1. The maximum atomic E-state index is 5.96. The van der Waals surface area contributed by atoms with Crippen LogP contribution in [0.3, 0.4) is 0 Å². The Morgan fingerprint density at radius 3 is 2.67 bits per heavy atom. The normalized spacial score (nSPS) is 20.2. The summed E-state index contributed by atoms with van der Waals surface area (Å²) in [5, 5.41) is 0. The van der Waals surface area contributed by atoms with E-state index in [1.807, 2.05) is 0 Å². The first-order chi connectivity index (χ1) is 11.9. The molecule has 2 aliphatic rings. The number of unbranched alkanes of at least 4 members (excludes halogenated alkanes) is 1. The fourth-order valence-electron chi connectivity index (χ4n) is 3.20. The Morgan fingerprint density at radius 2 is 1.83 bits per heavy atom. The van der Waals surface area contributed by atoms with Crippen LogP contribution in [0, 0.1) is 0 Å². The highest BCUT2D eigenvalue weighted by atomic mass is 32.2. The Balaban J connectivity index is 1.33. The number of ether oxygens (including phenoxy) is 2. The summed E-state index contributed by atoms with van der Waals surface area (Å²) >= 11 is 2.06. The van der Waals surface area contributed by atoms with Crippen LogP contribution in [0.2, 0.25) is 0 Å². The molecule has 0 saturated carbocycles. The topological polar surface area (TPSA) is 24.9 Å². The van der Waals surface area contributed by atoms with E-state index in [1.54, 1.807) is 0 Å². The maximum absolute atomic E-state index is 5.96. The van der Waals surface area contributed by atoms with E-state index in [0.717, 1.165) is 51.6 Å². The van der Waals surface area contributed by atoms with Crippen molar-refractivity contribution in [1.29, 1.82) is 0 Å². The van der Waals surface area contributed by atoms with Crippen LogP contribution in [0.25, 0.3) is 0 Å². The zero-order chi connectivity index (χ0) is 16.5. The number of nitrogens with zero attached hydrogens (tertiary/aromatic N) is 2. The standard InChI is InChI=1S/C19H30N2O2S/c1(6-20-7-12-22-13-8-20)2-11-23-19-5-3-4-18(16-19)17-21-9-14-24-15-10-21/h3-5,16H,1-2,6-15,17H2. The Hall–Kier alpha value is -0.750. The number of benzene rings is 1. The lowest BCUT2D eigenvalue weighted by molar-refractivity contribution is 0.0368. The quantitative estimate of drug-likeness (QED) is 0.672. The average Bonchev–Trinajstić information content (AvgIpc) is 2.63. The van der Waals surface area contributed by atoms with Gasteiger partial charge in [0.25, 0.3) is 0 Å². The second kappa shape index (κ2) is 10.3. The molecule has 4 nitrogen and oxygen atoms in total. The molecule has 0 bridgehead atoms. The maximum Gasteiger partial charge on any atom is 0.119 e. The minimum absolute atomic E-state index is 0.814. The van der Waals surface area contributed by atoms with Gasteiger partial charge in [-0.2, -0.15) is 11.8 Å². The van der Waals surface area contributed by atoms with Crippen molar-refractivity contribution in [2.24, 2.45) is 0 Å². The van der Waals surface area contributed by atoms with Crippen molar-refractivity contribution in [2.45, 2.75) is 19.4 Å². The Labute approximate surface area is 150 Å². The third-order valence-electron chi connectivity index (χ3n) is 4.65. The van der Waals surface area contributed by atoms with Crippen molar-refractivity contribution in [3.63, 3.8) is 0 Å². The molecule has 2 saturated heterocycles. The molecule has 0 spiro atoms. The van der Waals surface area contributed by atoms with E-state index in [4.69, 9.17) is 9.47 Å². The summed E-state index contributed by atoms with van der Waals surface area (Å²) in [5.41, 5.74) is 1.37. The molecule has 0 aromatic heterocycles. The van der Waals surface area contributed by atoms with Gasteiger partial charge in [0.1, 0.15) is 5.75 Å². The summed E-state index contributed by atoms with van der Waals surface area (Å²) in [5.74, 6) is 3.55. The largest absolute Gasteiger partial charge is 0.494 e. The van der Waals surface area contributed by atoms with E-state index in [0.29, 0.717) is 0 Å². The van der Waals surface area contributed by atoms with Gasteiger partial charge < -0.3 is 9.47 Å². The van der Waals surface area contributed by atoms with E-state index >= 15 is 0 Å². The SMILES string of the molecule is c1cc(CN2CCSCC2)cc(OCCCCN2CCOCC2)c1. The minimum Gasteiger partial charge on any atom is -0.494 e. The first-order valence-electron chi connectivity index (χ1n) is 9.22. The lowest BCUT2D eigenvalue weighted by Gasteiger charge is -2.26. The molecule has 0 aliphatic carbocycles. The van der Waals surface area contributed by atoms with E-state index in [-0.39, 0.29) is 0 Å². The second-order valence-electron chi connectivity index (χ2n) is 6.55. The van der Waals surface area contributed by atoms with Crippen molar-refractivity contribution < 1.29 is 9.47 Å². The van der Waals surface area contributed by atoms with Crippen LogP contribution in [0.4, 0.5) is 0 Å². The van der Waals surface area contributed by atoms with Crippen molar-refractivity contribution in [2.75, 3.05) is 64.1 Å². The van der Waals surface area contributed by atoms with Crippen LogP contribution in [0.1, 0.15) is 18.4 Å². The Morgan fingerprint density at radius 1 is 1.00 bits per heavy atom. The molecule has 2 heterocycles. The van der Waals surface area contributed by atoms with Crippen LogP contribution < -0.4 is 4.74 Å². The third kappa shape index (κ3) is 6.28. The minimum atomic E-state index is 0.814. The number of hydrogen-bond donors (Lipinski definition) is 0. The lowest BCUT2D eigenvalue weighted by Crippen LogP contribution is -2.36. The number of thioether (sulfide) groups is 1. The van der Waals surface area contributed by atoms with Crippen molar-refractivity contribution >= 4 is 11.8 Å². The molecular formula is C19H30N2O2S. The molecule has 0 atom stereocenters. The van der Waals surface area contributed by atoms with Crippen LogP contribution >= 0.6 is 11.8 Å². The zero-order valence-electron chi connectivity index (χ0n) is 14.6. The van der Waals surface area contributed by atoms with Crippen LogP contribution in [-0.4, -0.2) is 73.8 Å². The monoisotopic (exact) mass is 350 g/mol. The molecule has 134 valence electrons. The lowest BCUT2D eigenvalue weighted by atomic mass is 10.2. The highest BCUT2D eigenvalue weighted by Crippen LogP contribution is 2.17. The molecule has 2 fully saturated rings. The predicted molar refractivity (Wildman–Crippen MR) is 101 cm³/mol. The van der Waals surface area contributed by atoms with Crippen LogP contribution in [0.15, 0.2) is 24.3 Å². The summed E-state index contributed by atoms with van der Waals surface area (Å²) in [6.07, 6.45) is 2.32. The van der Waals surface area contributed by atoms with E-state index < -0.39 is 0 Å². The molecule has 2 aliphatic heterocycles. The molecular weight excluding hydrogens is 320 g/mol. The molecule has 0 N–H and O–H groups in total. The highest BCUT2D eigenvalue weighted by Gasteiger charge is 2.11. The Bertz CT molecular complexity index is 474. The molecule has 1 aromatic rings.